The Kier molecular flexibility index (Phi) is 2.64. The maximum absolute atomic E-state index is 9.64. The minimum atomic E-state index is 0.0809. The molecule has 0 aliphatic heterocycles. The first-order chi connectivity index (χ1) is 7.18. The average molecular weight is 265 g/mol. The van der Waals surface area contributed by atoms with Crippen molar-refractivity contribution in [3.8, 4) is 22.6 Å². The molecular formula is C12H9BrO2. The van der Waals surface area contributed by atoms with Crippen LogP contribution >= 0.6 is 15.9 Å². The monoisotopic (exact) mass is 264 g/mol. The molecule has 0 bridgehead atoms. The van der Waals surface area contributed by atoms with Gasteiger partial charge in [0.2, 0.25) is 0 Å². The topological polar surface area (TPSA) is 40.5 Å². The molecule has 0 amide bonds. The number of aromatic hydroxyl groups is 2. The normalized spacial score (nSPS) is 10.2. The van der Waals surface area contributed by atoms with Crippen LogP contribution in [-0.4, -0.2) is 10.2 Å². The molecule has 0 atom stereocenters. The molecule has 0 aliphatic rings. The zero-order valence-corrected chi connectivity index (χ0v) is 9.40. The first-order valence-electron chi connectivity index (χ1n) is 4.45. The molecule has 0 saturated heterocycles. The first kappa shape index (κ1) is 10.1. The lowest BCUT2D eigenvalue weighted by Gasteiger charge is -2.06. The highest BCUT2D eigenvalue weighted by Gasteiger charge is 2.08. The predicted octanol–water partition coefficient (Wildman–Crippen LogP) is 3.53. The van der Waals surface area contributed by atoms with Crippen molar-refractivity contribution in [2.24, 2.45) is 0 Å². The van der Waals surface area contributed by atoms with Gasteiger partial charge in [0.25, 0.3) is 0 Å². The number of rotatable bonds is 1. The molecule has 0 spiro atoms. The van der Waals surface area contributed by atoms with Gasteiger partial charge in [-0.25, -0.2) is 0 Å². The molecule has 0 saturated carbocycles. The van der Waals surface area contributed by atoms with E-state index in [1.165, 1.54) is 0 Å². The quantitative estimate of drug-likeness (QED) is 0.828. The van der Waals surface area contributed by atoms with E-state index in [0.29, 0.717) is 5.56 Å². The third-order valence-electron chi connectivity index (χ3n) is 2.15. The van der Waals surface area contributed by atoms with Gasteiger partial charge >= 0.3 is 0 Å². The second-order valence-corrected chi connectivity index (χ2v) is 4.09. The Labute approximate surface area is 95.9 Å². The predicted molar refractivity (Wildman–Crippen MR) is 62.9 cm³/mol. The van der Waals surface area contributed by atoms with Crippen LogP contribution in [0.5, 0.6) is 11.5 Å². The molecule has 2 rings (SSSR count). The van der Waals surface area contributed by atoms with Gasteiger partial charge in [-0.3, -0.25) is 0 Å². The fraction of sp³-hybridized carbons (Fsp3) is 0. The van der Waals surface area contributed by atoms with Crippen LogP contribution in [-0.2, 0) is 0 Å². The van der Waals surface area contributed by atoms with E-state index in [1.54, 1.807) is 18.2 Å². The maximum Gasteiger partial charge on any atom is 0.127 e. The van der Waals surface area contributed by atoms with Crippen LogP contribution in [0.15, 0.2) is 46.9 Å². The SMILES string of the molecule is Oc1cccc(O)c1-c1ccc(Br)cc1. The number of halogens is 1. The van der Waals surface area contributed by atoms with E-state index in [1.807, 2.05) is 24.3 Å². The standard InChI is InChI=1S/C12H9BrO2/c13-9-6-4-8(5-7-9)12-10(14)2-1-3-11(12)15/h1-7,14-15H. The number of phenolic OH excluding ortho intramolecular Hbond substituents is 2. The fourth-order valence-corrected chi connectivity index (χ4v) is 1.70. The van der Waals surface area contributed by atoms with Gasteiger partial charge in [0.05, 0.1) is 5.56 Å². The van der Waals surface area contributed by atoms with E-state index in [0.717, 1.165) is 10.0 Å². The van der Waals surface area contributed by atoms with Crippen LogP contribution in [0.25, 0.3) is 11.1 Å². The smallest absolute Gasteiger partial charge is 0.127 e. The molecule has 3 heteroatoms. The minimum Gasteiger partial charge on any atom is -0.507 e. The summed E-state index contributed by atoms with van der Waals surface area (Å²) in [6, 6.07) is 12.1. The minimum absolute atomic E-state index is 0.0809. The van der Waals surface area contributed by atoms with Crippen LogP contribution in [0, 0.1) is 0 Å². The number of hydrogen-bond acceptors (Lipinski definition) is 2. The van der Waals surface area contributed by atoms with Crippen molar-refractivity contribution in [3.05, 3.63) is 46.9 Å². The summed E-state index contributed by atoms with van der Waals surface area (Å²) >= 11 is 3.33. The Morgan fingerprint density at radius 1 is 0.800 bits per heavy atom. The third-order valence-corrected chi connectivity index (χ3v) is 2.68. The molecule has 2 aromatic rings. The Hall–Kier alpha value is -1.48. The van der Waals surface area contributed by atoms with Crippen molar-refractivity contribution in [2.75, 3.05) is 0 Å². The number of phenols is 2. The van der Waals surface area contributed by atoms with Crippen LogP contribution < -0.4 is 0 Å². The van der Waals surface area contributed by atoms with E-state index in [9.17, 15) is 10.2 Å². The van der Waals surface area contributed by atoms with Gasteiger partial charge in [-0.15, -0.1) is 0 Å². The van der Waals surface area contributed by atoms with Crippen molar-refractivity contribution < 1.29 is 10.2 Å². The Balaban J connectivity index is 2.58. The van der Waals surface area contributed by atoms with Gasteiger partial charge in [-0.2, -0.15) is 0 Å². The Morgan fingerprint density at radius 2 is 1.33 bits per heavy atom. The van der Waals surface area contributed by atoms with Crippen molar-refractivity contribution in [3.63, 3.8) is 0 Å². The van der Waals surface area contributed by atoms with Crippen molar-refractivity contribution in [1.29, 1.82) is 0 Å². The second kappa shape index (κ2) is 3.95. The summed E-state index contributed by atoms with van der Waals surface area (Å²) in [5.41, 5.74) is 1.25. The van der Waals surface area contributed by atoms with E-state index in [4.69, 9.17) is 0 Å². The number of hydrogen-bond donors (Lipinski definition) is 2. The molecule has 0 radical (unpaired) electrons. The first-order valence-corrected chi connectivity index (χ1v) is 5.24. The van der Waals surface area contributed by atoms with Crippen LogP contribution in [0.3, 0.4) is 0 Å². The molecule has 0 heterocycles. The Morgan fingerprint density at radius 3 is 1.87 bits per heavy atom. The summed E-state index contributed by atoms with van der Waals surface area (Å²) < 4.78 is 0.959. The zero-order valence-electron chi connectivity index (χ0n) is 7.81. The highest BCUT2D eigenvalue weighted by Crippen LogP contribution is 2.36. The lowest BCUT2D eigenvalue weighted by molar-refractivity contribution is 0.454. The van der Waals surface area contributed by atoms with Crippen LogP contribution in [0.1, 0.15) is 0 Å². The van der Waals surface area contributed by atoms with E-state index >= 15 is 0 Å². The summed E-state index contributed by atoms with van der Waals surface area (Å²) in [5, 5.41) is 19.3. The summed E-state index contributed by atoms with van der Waals surface area (Å²) in [7, 11) is 0. The summed E-state index contributed by atoms with van der Waals surface area (Å²) in [4.78, 5) is 0. The van der Waals surface area contributed by atoms with E-state index in [-0.39, 0.29) is 11.5 Å². The third kappa shape index (κ3) is 1.97. The van der Waals surface area contributed by atoms with Crippen molar-refractivity contribution >= 4 is 15.9 Å². The molecule has 0 fully saturated rings. The maximum atomic E-state index is 9.64. The van der Waals surface area contributed by atoms with E-state index < -0.39 is 0 Å². The zero-order chi connectivity index (χ0) is 10.8. The summed E-state index contributed by atoms with van der Waals surface area (Å²) in [6.07, 6.45) is 0. The molecule has 0 aromatic heterocycles. The molecular weight excluding hydrogens is 256 g/mol. The molecule has 0 unspecified atom stereocenters. The van der Waals surface area contributed by atoms with Gasteiger partial charge in [0.15, 0.2) is 0 Å². The molecule has 2 nitrogen and oxygen atoms in total. The molecule has 2 N–H and O–H groups in total. The molecule has 15 heavy (non-hydrogen) atoms. The molecule has 76 valence electrons. The highest BCUT2D eigenvalue weighted by atomic mass is 79.9. The van der Waals surface area contributed by atoms with Gasteiger partial charge in [0, 0.05) is 4.47 Å². The lowest BCUT2D eigenvalue weighted by atomic mass is 10.0. The van der Waals surface area contributed by atoms with Gasteiger partial charge < -0.3 is 10.2 Å². The summed E-state index contributed by atoms with van der Waals surface area (Å²) in [6.45, 7) is 0. The van der Waals surface area contributed by atoms with Gasteiger partial charge in [-0.1, -0.05) is 34.1 Å². The fourth-order valence-electron chi connectivity index (χ4n) is 1.44. The largest absolute Gasteiger partial charge is 0.507 e. The Bertz CT molecular complexity index is 457. The highest BCUT2D eigenvalue weighted by molar-refractivity contribution is 9.10. The average Bonchev–Trinajstić information content (AvgIpc) is 2.20. The number of benzene rings is 2. The lowest BCUT2D eigenvalue weighted by Crippen LogP contribution is -1.80. The van der Waals surface area contributed by atoms with Crippen LogP contribution in [0.2, 0.25) is 0 Å². The summed E-state index contributed by atoms with van der Waals surface area (Å²) in [5.74, 6) is 0.162. The molecule has 0 aliphatic carbocycles. The van der Waals surface area contributed by atoms with Gasteiger partial charge in [-0.05, 0) is 29.8 Å². The second-order valence-electron chi connectivity index (χ2n) is 3.18. The van der Waals surface area contributed by atoms with Crippen LogP contribution in [0.4, 0.5) is 0 Å². The van der Waals surface area contributed by atoms with E-state index in [2.05, 4.69) is 15.9 Å². The van der Waals surface area contributed by atoms with Gasteiger partial charge in [0.1, 0.15) is 11.5 Å². The van der Waals surface area contributed by atoms with Crippen molar-refractivity contribution in [2.45, 2.75) is 0 Å². The van der Waals surface area contributed by atoms with Crippen molar-refractivity contribution in [1.82, 2.24) is 0 Å². The molecule has 2 aromatic carbocycles.